The number of esters is 1. The number of carbonyl (C=O) groups excluding carboxylic acids is 7. The topological polar surface area (TPSA) is 187 Å². The number of amides is 7. The number of nitrogens with one attached hydrogen (secondary N) is 4. The van der Waals surface area contributed by atoms with Crippen LogP contribution in [0.4, 0.5) is 19.3 Å². The standard InChI is InChI=1S/C41H51F2N7O8/c1-22-14-34-40(56)58-21-31(46-35(51)30(18-26-16-27(42)19-28(43)17-26)47-41(57)45-29-11-10-23(2)24(3)15-29)38(54)49-13-7-9-33(49)39(55)48-12-6-5-8-32(48)36(52)44-25(4)37(53)50(34)20-22/h10-11,15-17,19,22,25,30-34H,5-9,12-14,18,20-21H2,1-4H3,(H,44,52)(H,46,51)(H2,45,47,57)/t22-,25-,30-,31-,32-,33?,34?/m0/s1. The van der Waals surface area contributed by atoms with E-state index in [1.165, 1.54) is 21.6 Å². The molecule has 0 bridgehead atoms. The third kappa shape index (κ3) is 9.56. The van der Waals surface area contributed by atoms with Gasteiger partial charge in [0.05, 0.1) is 0 Å². The molecule has 4 N–H and O–H groups in total. The van der Waals surface area contributed by atoms with Crippen LogP contribution < -0.4 is 21.3 Å². The van der Waals surface area contributed by atoms with Crippen LogP contribution in [0.3, 0.4) is 0 Å². The van der Waals surface area contributed by atoms with Crippen molar-refractivity contribution in [3.8, 4) is 0 Å². The molecule has 58 heavy (non-hydrogen) atoms. The van der Waals surface area contributed by atoms with E-state index in [0.29, 0.717) is 37.4 Å². The van der Waals surface area contributed by atoms with Gasteiger partial charge in [0.25, 0.3) is 0 Å². The Kier molecular flexibility index (Phi) is 13.0. The van der Waals surface area contributed by atoms with Crippen molar-refractivity contribution in [3.63, 3.8) is 0 Å². The van der Waals surface area contributed by atoms with Gasteiger partial charge in [-0.25, -0.2) is 18.4 Å². The Balaban J connectivity index is 1.31. The lowest BCUT2D eigenvalue weighted by atomic mass is 9.99. The van der Waals surface area contributed by atoms with Gasteiger partial charge in [0, 0.05) is 37.8 Å². The molecule has 4 fully saturated rings. The first-order valence-corrected chi connectivity index (χ1v) is 19.9. The number of hydrogen-bond donors (Lipinski definition) is 4. The number of hydrogen-bond acceptors (Lipinski definition) is 8. The zero-order chi connectivity index (χ0) is 41.8. The zero-order valence-corrected chi connectivity index (χ0v) is 33.1. The van der Waals surface area contributed by atoms with Crippen LogP contribution in [0.25, 0.3) is 0 Å². The maximum Gasteiger partial charge on any atom is 0.328 e. The minimum atomic E-state index is -1.59. The first-order chi connectivity index (χ1) is 27.6. The van der Waals surface area contributed by atoms with E-state index in [4.69, 9.17) is 4.74 Å². The summed E-state index contributed by atoms with van der Waals surface area (Å²) in [6, 6.07) is 0.0169. The number of cyclic esters (lactones) is 1. The molecule has 15 nitrogen and oxygen atoms in total. The van der Waals surface area contributed by atoms with Gasteiger partial charge in [0.2, 0.25) is 29.5 Å². The molecular weight excluding hydrogens is 756 g/mol. The van der Waals surface area contributed by atoms with E-state index < -0.39 is 102 Å². The van der Waals surface area contributed by atoms with Gasteiger partial charge in [-0.15, -0.1) is 0 Å². The normalized spacial score (nSPS) is 26.2. The molecule has 0 saturated carbocycles. The third-order valence-corrected chi connectivity index (χ3v) is 11.5. The second kappa shape index (κ2) is 17.9. The number of aryl methyl sites for hydroxylation is 2. The molecule has 4 saturated heterocycles. The van der Waals surface area contributed by atoms with Gasteiger partial charge in [0.1, 0.15) is 54.5 Å². The van der Waals surface area contributed by atoms with Crippen molar-refractivity contribution in [1.82, 2.24) is 30.7 Å². The Morgan fingerprint density at radius 2 is 1.52 bits per heavy atom. The maximum atomic E-state index is 14.5. The van der Waals surface area contributed by atoms with Crippen molar-refractivity contribution < 1.29 is 47.1 Å². The highest BCUT2D eigenvalue weighted by Crippen LogP contribution is 2.28. The van der Waals surface area contributed by atoms with Crippen LogP contribution in [0.2, 0.25) is 0 Å². The number of benzene rings is 2. The molecule has 7 atom stereocenters. The zero-order valence-electron chi connectivity index (χ0n) is 33.1. The molecule has 4 aliphatic rings. The second-order valence-corrected chi connectivity index (χ2v) is 15.9. The Labute approximate surface area is 335 Å². The molecule has 4 heterocycles. The molecule has 0 spiro atoms. The second-order valence-electron chi connectivity index (χ2n) is 15.9. The molecule has 0 aromatic heterocycles. The SMILES string of the molecule is Cc1ccc(NC(=O)N[C@@H](Cc2cc(F)cc(F)c2)C(=O)N[C@H]2COC(=O)C3C[C@H](C)CN3C(=O)[C@H](C)NC(=O)[C@@H]3CCCCN3C(=O)C3CCCN3C2=O)cc1C. The number of carbonyl (C=O) groups is 7. The van der Waals surface area contributed by atoms with Gasteiger partial charge >= 0.3 is 12.0 Å². The van der Waals surface area contributed by atoms with E-state index in [9.17, 15) is 42.3 Å². The first kappa shape index (κ1) is 42.0. The van der Waals surface area contributed by atoms with Gasteiger partial charge in [-0.1, -0.05) is 13.0 Å². The summed E-state index contributed by atoms with van der Waals surface area (Å²) in [5.41, 5.74) is 2.31. The predicted molar refractivity (Wildman–Crippen MR) is 206 cm³/mol. The molecule has 17 heteroatoms. The Hall–Kier alpha value is -5.61. The summed E-state index contributed by atoms with van der Waals surface area (Å²) in [6.07, 6.45) is 2.21. The molecule has 2 unspecified atom stereocenters. The third-order valence-electron chi connectivity index (χ3n) is 11.5. The lowest BCUT2D eigenvalue weighted by molar-refractivity contribution is -0.158. The largest absolute Gasteiger partial charge is 0.461 e. The van der Waals surface area contributed by atoms with Gasteiger partial charge in [-0.05, 0) is 106 Å². The fourth-order valence-electron chi connectivity index (χ4n) is 8.31. The van der Waals surface area contributed by atoms with Crippen molar-refractivity contribution in [2.45, 2.75) is 109 Å². The highest BCUT2D eigenvalue weighted by molar-refractivity contribution is 5.98. The monoisotopic (exact) mass is 807 g/mol. The van der Waals surface area contributed by atoms with E-state index in [1.54, 1.807) is 18.2 Å². The van der Waals surface area contributed by atoms with Crippen LogP contribution in [0.5, 0.6) is 0 Å². The average molecular weight is 808 g/mol. The lowest BCUT2D eigenvalue weighted by Gasteiger charge is -2.39. The summed E-state index contributed by atoms with van der Waals surface area (Å²) >= 11 is 0. The van der Waals surface area contributed by atoms with Gasteiger partial charge in [-0.3, -0.25) is 24.0 Å². The smallest absolute Gasteiger partial charge is 0.328 e. The number of rotatable bonds is 6. The summed E-state index contributed by atoms with van der Waals surface area (Å²) in [4.78, 5) is 101. The van der Waals surface area contributed by atoms with E-state index in [-0.39, 0.29) is 44.0 Å². The van der Waals surface area contributed by atoms with Crippen molar-refractivity contribution in [2.75, 3.05) is 31.6 Å². The molecule has 2 aromatic rings. The van der Waals surface area contributed by atoms with E-state index in [1.807, 2.05) is 20.8 Å². The van der Waals surface area contributed by atoms with Gasteiger partial charge in [-0.2, -0.15) is 0 Å². The van der Waals surface area contributed by atoms with Crippen molar-refractivity contribution in [2.24, 2.45) is 5.92 Å². The summed E-state index contributed by atoms with van der Waals surface area (Å²) in [7, 11) is 0. The highest BCUT2D eigenvalue weighted by atomic mass is 19.1. The summed E-state index contributed by atoms with van der Waals surface area (Å²) < 4.78 is 34.3. The van der Waals surface area contributed by atoms with E-state index in [0.717, 1.165) is 23.3 Å². The molecule has 4 aliphatic heterocycles. The van der Waals surface area contributed by atoms with Crippen LogP contribution in [0.15, 0.2) is 36.4 Å². The number of fused-ring (bicyclic) bond motifs is 3. The van der Waals surface area contributed by atoms with Crippen LogP contribution >= 0.6 is 0 Å². The van der Waals surface area contributed by atoms with Crippen LogP contribution in [0, 0.1) is 31.4 Å². The van der Waals surface area contributed by atoms with Gasteiger partial charge in [0.15, 0.2) is 0 Å². The fourth-order valence-corrected chi connectivity index (χ4v) is 8.31. The average Bonchev–Trinajstić information content (AvgIpc) is 3.83. The molecular formula is C41H51F2N7O8. The maximum absolute atomic E-state index is 14.5. The minimum absolute atomic E-state index is 0.0274. The quantitative estimate of drug-likeness (QED) is 0.321. The van der Waals surface area contributed by atoms with Crippen LogP contribution in [-0.2, 0) is 39.9 Å². The van der Waals surface area contributed by atoms with Crippen LogP contribution in [-0.4, -0.2) is 119 Å². The van der Waals surface area contributed by atoms with E-state index in [2.05, 4.69) is 21.3 Å². The van der Waals surface area contributed by atoms with Crippen LogP contribution in [0.1, 0.15) is 69.1 Å². The summed E-state index contributed by atoms with van der Waals surface area (Å²) in [5, 5.41) is 10.6. The molecule has 0 radical (unpaired) electrons. The van der Waals surface area contributed by atoms with Crippen molar-refractivity contribution in [3.05, 3.63) is 64.7 Å². The molecule has 6 rings (SSSR count). The number of piperidine rings is 1. The summed E-state index contributed by atoms with van der Waals surface area (Å²) in [6.45, 7) is 7.05. The minimum Gasteiger partial charge on any atom is -0.461 e. The Morgan fingerprint density at radius 3 is 2.24 bits per heavy atom. The lowest BCUT2D eigenvalue weighted by Crippen LogP contribution is -2.62. The van der Waals surface area contributed by atoms with E-state index >= 15 is 0 Å². The number of nitrogens with zero attached hydrogens (tertiary/aromatic N) is 3. The Bertz CT molecular complexity index is 1940. The Morgan fingerprint density at radius 1 is 0.828 bits per heavy atom. The molecule has 0 aliphatic carbocycles. The fraction of sp³-hybridized carbons (Fsp3) is 0.537. The highest BCUT2D eigenvalue weighted by Gasteiger charge is 2.46. The summed E-state index contributed by atoms with van der Waals surface area (Å²) in [5.74, 6) is -5.92. The molecule has 7 amide bonds. The first-order valence-electron chi connectivity index (χ1n) is 19.9. The van der Waals surface area contributed by atoms with Gasteiger partial charge < -0.3 is 40.7 Å². The number of urea groups is 1. The number of ether oxygens (including phenoxy) is 1. The number of halogens is 2. The number of anilines is 1. The van der Waals surface area contributed by atoms with Crippen molar-refractivity contribution >= 4 is 47.2 Å². The van der Waals surface area contributed by atoms with Crippen molar-refractivity contribution in [1.29, 1.82) is 0 Å². The molecule has 312 valence electrons. The predicted octanol–water partition coefficient (Wildman–Crippen LogP) is 2.47. The molecule has 2 aromatic carbocycles.